The van der Waals surface area contributed by atoms with Crippen LogP contribution in [-0.4, -0.2) is 22.9 Å². The summed E-state index contributed by atoms with van der Waals surface area (Å²) in [5.41, 5.74) is 0. The molecule has 0 fully saturated rings. The zero-order valence-electron chi connectivity index (χ0n) is 11.5. The van der Waals surface area contributed by atoms with E-state index in [9.17, 15) is 16.8 Å². The second-order valence-electron chi connectivity index (χ2n) is 4.69. The Morgan fingerprint density at radius 1 is 1.00 bits per heavy atom. The average molecular weight is 345 g/mol. The summed E-state index contributed by atoms with van der Waals surface area (Å²) < 4.78 is 51.2. The number of sulfonamides is 1. The van der Waals surface area contributed by atoms with E-state index in [0.29, 0.717) is 0 Å². The van der Waals surface area contributed by atoms with Crippen LogP contribution in [-0.2, 0) is 19.9 Å². The van der Waals surface area contributed by atoms with E-state index in [0.717, 1.165) is 11.3 Å². The summed E-state index contributed by atoms with van der Waals surface area (Å²) in [7, 11) is -7.37. The second kappa shape index (κ2) is 5.88. The molecule has 21 heavy (non-hydrogen) atoms. The molecule has 2 aromatic rings. The number of rotatable bonds is 5. The van der Waals surface area contributed by atoms with Crippen molar-refractivity contribution in [3.05, 3.63) is 41.8 Å². The zero-order valence-corrected chi connectivity index (χ0v) is 13.9. The van der Waals surface area contributed by atoms with Gasteiger partial charge in [-0.2, -0.15) is 0 Å². The van der Waals surface area contributed by atoms with Crippen molar-refractivity contribution in [2.24, 2.45) is 0 Å². The molecule has 0 atom stereocenters. The molecule has 0 aliphatic carbocycles. The SMILES string of the molecule is CC(C)NS(=O)(=O)c1cc(S(=O)(=O)c2ccccc2)cs1. The van der Waals surface area contributed by atoms with Gasteiger partial charge in [0, 0.05) is 11.4 Å². The minimum Gasteiger partial charge on any atom is -0.218 e. The molecule has 114 valence electrons. The Balaban J connectivity index is 2.41. The van der Waals surface area contributed by atoms with E-state index < -0.39 is 19.9 Å². The van der Waals surface area contributed by atoms with Crippen molar-refractivity contribution in [2.45, 2.75) is 33.9 Å². The van der Waals surface area contributed by atoms with Crippen LogP contribution < -0.4 is 4.72 Å². The van der Waals surface area contributed by atoms with Crippen molar-refractivity contribution in [1.82, 2.24) is 4.72 Å². The molecule has 0 spiro atoms. The highest BCUT2D eigenvalue weighted by atomic mass is 32.2. The van der Waals surface area contributed by atoms with Gasteiger partial charge in [0.15, 0.2) is 0 Å². The molecule has 0 unspecified atom stereocenters. The number of thiophene rings is 1. The molecule has 1 N–H and O–H groups in total. The summed E-state index contributed by atoms with van der Waals surface area (Å²) in [6, 6.07) is 8.86. The molecule has 1 aromatic heterocycles. The molecule has 2 rings (SSSR count). The minimum atomic E-state index is -3.69. The van der Waals surface area contributed by atoms with Crippen molar-refractivity contribution in [1.29, 1.82) is 0 Å². The Bertz CT molecular complexity index is 821. The standard InChI is InChI=1S/C13H15NO4S3/c1-10(2)14-21(17,18)13-8-12(9-19-13)20(15,16)11-6-4-3-5-7-11/h3-10,14H,1-2H3. The van der Waals surface area contributed by atoms with Gasteiger partial charge in [-0.15, -0.1) is 11.3 Å². The van der Waals surface area contributed by atoms with Crippen molar-refractivity contribution in [2.75, 3.05) is 0 Å². The van der Waals surface area contributed by atoms with Crippen LogP contribution in [0.4, 0.5) is 0 Å². The summed E-state index contributed by atoms with van der Waals surface area (Å²) in [6.07, 6.45) is 0. The van der Waals surface area contributed by atoms with E-state index in [1.54, 1.807) is 32.0 Å². The Morgan fingerprint density at radius 3 is 2.19 bits per heavy atom. The van der Waals surface area contributed by atoms with Crippen LogP contribution in [0.5, 0.6) is 0 Å². The largest absolute Gasteiger partial charge is 0.250 e. The van der Waals surface area contributed by atoms with Crippen LogP contribution in [0.1, 0.15) is 13.8 Å². The maximum Gasteiger partial charge on any atom is 0.250 e. The fourth-order valence-electron chi connectivity index (χ4n) is 1.69. The van der Waals surface area contributed by atoms with E-state index in [2.05, 4.69) is 4.72 Å². The summed E-state index contributed by atoms with van der Waals surface area (Å²) in [5, 5.41) is 1.34. The fraction of sp³-hybridized carbons (Fsp3) is 0.231. The lowest BCUT2D eigenvalue weighted by Crippen LogP contribution is -2.29. The lowest BCUT2D eigenvalue weighted by Gasteiger charge is -2.06. The monoisotopic (exact) mass is 345 g/mol. The van der Waals surface area contributed by atoms with E-state index in [1.165, 1.54) is 23.6 Å². The first kappa shape index (κ1) is 16.2. The lowest BCUT2D eigenvalue weighted by molar-refractivity contribution is 0.572. The van der Waals surface area contributed by atoms with Gasteiger partial charge in [-0.1, -0.05) is 18.2 Å². The first-order valence-corrected chi connectivity index (χ1v) is 9.99. The van der Waals surface area contributed by atoms with E-state index in [-0.39, 0.29) is 20.0 Å². The number of hydrogen-bond acceptors (Lipinski definition) is 5. The smallest absolute Gasteiger partial charge is 0.218 e. The Labute approximate surface area is 128 Å². The van der Waals surface area contributed by atoms with Crippen LogP contribution in [0.3, 0.4) is 0 Å². The highest BCUT2D eigenvalue weighted by Gasteiger charge is 2.24. The first-order chi connectivity index (χ1) is 9.73. The lowest BCUT2D eigenvalue weighted by atomic mass is 10.4. The summed E-state index contributed by atoms with van der Waals surface area (Å²) in [5.74, 6) is 0. The fourth-order valence-corrected chi connectivity index (χ4v) is 5.86. The molecule has 0 amide bonds. The first-order valence-electron chi connectivity index (χ1n) is 6.14. The van der Waals surface area contributed by atoms with Gasteiger partial charge in [-0.05, 0) is 32.0 Å². The van der Waals surface area contributed by atoms with Gasteiger partial charge in [-0.25, -0.2) is 21.6 Å². The Morgan fingerprint density at radius 2 is 1.62 bits per heavy atom. The van der Waals surface area contributed by atoms with E-state index >= 15 is 0 Å². The van der Waals surface area contributed by atoms with Crippen molar-refractivity contribution in [3.8, 4) is 0 Å². The predicted molar refractivity (Wildman–Crippen MR) is 81.7 cm³/mol. The maximum absolute atomic E-state index is 12.4. The number of hydrogen-bond donors (Lipinski definition) is 1. The molecule has 5 nitrogen and oxygen atoms in total. The molecule has 1 heterocycles. The summed E-state index contributed by atoms with van der Waals surface area (Å²) >= 11 is 0.890. The van der Waals surface area contributed by atoms with Crippen molar-refractivity contribution < 1.29 is 16.8 Å². The molecule has 0 radical (unpaired) electrons. The van der Waals surface area contributed by atoms with Crippen molar-refractivity contribution >= 4 is 31.2 Å². The molecule has 0 aliphatic heterocycles. The Hall–Kier alpha value is -1.22. The molecular weight excluding hydrogens is 330 g/mol. The van der Waals surface area contributed by atoms with Gasteiger partial charge in [0.05, 0.1) is 9.79 Å². The Kier molecular flexibility index (Phi) is 4.52. The van der Waals surface area contributed by atoms with Crippen LogP contribution in [0.25, 0.3) is 0 Å². The summed E-state index contributed by atoms with van der Waals surface area (Å²) in [4.78, 5) is 0.131. The zero-order chi connectivity index (χ0) is 15.7. The second-order valence-corrected chi connectivity index (χ2v) is 9.50. The third kappa shape index (κ3) is 3.52. The van der Waals surface area contributed by atoms with Gasteiger partial charge >= 0.3 is 0 Å². The predicted octanol–water partition coefficient (Wildman–Crippen LogP) is 2.27. The molecule has 1 aromatic carbocycles. The highest BCUT2D eigenvalue weighted by molar-refractivity contribution is 7.93. The molecule has 0 bridgehead atoms. The summed E-state index contributed by atoms with van der Waals surface area (Å²) in [6.45, 7) is 3.40. The van der Waals surface area contributed by atoms with Gasteiger partial charge < -0.3 is 0 Å². The number of sulfone groups is 1. The quantitative estimate of drug-likeness (QED) is 0.901. The third-order valence-electron chi connectivity index (χ3n) is 2.57. The molecular formula is C13H15NO4S3. The van der Waals surface area contributed by atoms with Crippen LogP contribution in [0.2, 0.25) is 0 Å². The van der Waals surface area contributed by atoms with Crippen LogP contribution in [0.15, 0.2) is 55.8 Å². The topological polar surface area (TPSA) is 80.3 Å². The van der Waals surface area contributed by atoms with E-state index in [1.807, 2.05) is 0 Å². The molecule has 0 aliphatic rings. The molecule has 0 saturated heterocycles. The van der Waals surface area contributed by atoms with Crippen molar-refractivity contribution in [3.63, 3.8) is 0 Å². The minimum absolute atomic E-state index is 0.00861. The van der Waals surface area contributed by atoms with Crippen LogP contribution in [0, 0.1) is 0 Å². The molecule has 8 heteroatoms. The normalized spacial score (nSPS) is 12.7. The van der Waals surface area contributed by atoms with Crippen LogP contribution >= 0.6 is 11.3 Å². The highest BCUT2D eigenvalue weighted by Crippen LogP contribution is 2.28. The number of nitrogens with one attached hydrogen (secondary N) is 1. The maximum atomic E-state index is 12.4. The van der Waals surface area contributed by atoms with Gasteiger partial charge in [0.1, 0.15) is 4.21 Å². The van der Waals surface area contributed by atoms with Gasteiger partial charge in [-0.3, -0.25) is 0 Å². The van der Waals surface area contributed by atoms with E-state index in [4.69, 9.17) is 0 Å². The van der Waals surface area contributed by atoms with Gasteiger partial charge in [0.25, 0.3) is 0 Å². The number of benzene rings is 1. The third-order valence-corrected chi connectivity index (χ3v) is 7.57. The average Bonchev–Trinajstić information content (AvgIpc) is 2.89. The van der Waals surface area contributed by atoms with Gasteiger partial charge in [0.2, 0.25) is 19.9 Å². The molecule has 0 saturated carbocycles.